The molecule has 1 aliphatic heterocycles. The van der Waals surface area contributed by atoms with E-state index >= 15 is 0 Å². The van der Waals surface area contributed by atoms with Crippen molar-refractivity contribution in [3.05, 3.63) is 28.5 Å². The number of rotatable bonds is 1. The summed E-state index contributed by atoms with van der Waals surface area (Å²) in [5, 5.41) is 0.647. The molecule has 1 nitrogen and oxygen atoms in total. The van der Waals surface area contributed by atoms with Crippen molar-refractivity contribution in [1.29, 1.82) is 0 Å². The lowest BCUT2D eigenvalue weighted by Crippen LogP contribution is -2.19. The molecule has 0 N–H and O–H groups in total. The van der Waals surface area contributed by atoms with Crippen LogP contribution in [0.5, 0.6) is 0 Å². The molecule has 0 saturated carbocycles. The molecule has 0 radical (unpaired) electrons. The average molecular weight is 214 g/mol. The van der Waals surface area contributed by atoms with Gasteiger partial charge in [-0.15, -0.1) is 0 Å². The van der Waals surface area contributed by atoms with Gasteiger partial charge in [0, 0.05) is 18.1 Å². The Morgan fingerprint density at radius 1 is 1.29 bits per heavy atom. The maximum absolute atomic E-state index is 13.6. The molecule has 0 atom stereocenters. The van der Waals surface area contributed by atoms with Gasteiger partial charge >= 0.3 is 0 Å². The summed E-state index contributed by atoms with van der Waals surface area (Å²) in [5.74, 6) is -0.159. The van der Waals surface area contributed by atoms with E-state index in [0.29, 0.717) is 10.7 Å². The van der Waals surface area contributed by atoms with Gasteiger partial charge in [0.1, 0.15) is 5.82 Å². The van der Waals surface area contributed by atoms with Crippen LogP contribution in [0.4, 0.5) is 10.1 Å². The smallest absolute Gasteiger partial charge is 0.146 e. The van der Waals surface area contributed by atoms with E-state index in [0.717, 1.165) is 31.5 Å². The third-order valence-corrected chi connectivity index (χ3v) is 3.08. The van der Waals surface area contributed by atoms with Gasteiger partial charge in [-0.2, -0.15) is 0 Å². The van der Waals surface area contributed by atoms with E-state index in [1.165, 1.54) is 6.07 Å². The van der Waals surface area contributed by atoms with Gasteiger partial charge in [-0.25, -0.2) is 4.39 Å². The Labute approximate surface area is 88.5 Å². The largest absolute Gasteiger partial charge is 0.369 e. The van der Waals surface area contributed by atoms with Crippen molar-refractivity contribution in [2.24, 2.45) is 0 Å². The van der Waals surface area contributed by atoms with Crippen LogP contribution >= 0.6 is 11.6 Å². The summed E-state index contributed by atoms with van der Waals surface area (Å²) < 4.78 is 13.6. The lowest BCUT2D eigenvalue weighted by atomic mass is 10.2. The zero-order valence-electron chi connectivity index (χ0n) is 8.19. The van der Waals surface area contributed by atoms with Gasteiger partial charge in [0.05, 0.1) is 5.69 Å². The molecule has 2 rings (SSSR count). The van der Waals surface area contributed by atoms with Crippen molar-refractivity contribution in [3.63, 3.8) is 0 Å². The summed E-state index contributed by atoms with van der Waals surface area (Å²) in [7, 11) is 0. The van der Waals surface area contributed by atoms with E-state index in [1.54, 1.807) is 6.07 Å². The Balaban J connectivity index is 2.37. The predicted molar refractivity (Wildman–Crippen MR) is 57.6 cm³/mol. The van der Waals surface area contributed by atoms with Crippen molar-refractivity contribution in [3.8, 4) is 0 Å². The summed E-state index contributed by atoms with van der Waals surface area (Å²) in [4.78, 5) is 2.06. The molecule has 0 bridgehead atoms. The zero-order chi connectivity index (χ0) is 10.1. The zero-order valence-corrected chi connectivity index (χ0v) is 8.94. The van der Waals surface area contributed by atoms with Crippen LogP contribution in [-0.4, -0.2) is 13.1 Å². The number of hydrogen-bond acceptors (Lipinski definition) is 1. The third-order valence-electron chi connectivity index (χ3n) is 2.67. The number of nitrogens with zero attached hydrogens (tertiary/aromatic N) is 1. The number of halogens is 2. The van der Waals surface area contributed by atoms with Crippen LogP contribution < -0.4 is 4.90 Å². The molecule has 0 aliphatic carbocycles. The van der Waals surface area contributed by atoms with Crippen LogP contribution in [0.25, 0.3) is 0 Å². The van der Waals surface area contributed by atoms with Gasteiger partial charge in [-0.3, -0.25) is 0 Å². The molecular weight excluding hydrogens is 201 g/mol. The number of hydrogen-bond donors (Lipinski definition) is 0. The molecule has 0 amide bonds. The molecule has 1 aromatic rings. The Hall–Kier alpha value is -0.760. The van der Waals surface area contributed by atoms with Crippen molar-refractivity contribution in [2.75, 3.05) is 18.0 Å². The molecule has 1 aliphatic rings. The fourth-order valence-electron chi connectivity index (χ4n) is 1.84. The van der Waals surface area contributed by atoms with Gasteiger partial charge in [0.2, 0.25) is 0 Å². The molecule has 1 aromatic carbocycles. The first kappa shape index (κ1) is 9.78. The van der Waals surface area contributed by atoms with Crippen molar-refractivity contribution >= 4 is 17.3 Å². The van der Waals surface area contributed by atoms with Crippen LogP contribution in [-0.2, 0) is 0 Å². The highest BCUT2D eigenvalue weighted by Crippen LogP contribution is 2.28. The van der Waals surface area contributed by atoms with Gasteiger partial charge < -0.3 is 4.90 Å². The highest BCUT2D eigenvalue weighted by molar-refractivity contribution is 6.31. The molecular formula is C11H13ClFN. The summed E-state index contributed by atoms with van der Waals surface area (Å²) >= 11 is 5.97. The van der Waals surface area contributed by atoms with E-state index in [2.05, 4.69) is 4.90 Å². The molecule has 76 valence electrons. The Bertz CT molecular complexity index is 345. The van der Waals surface area contributed by atoms with Crippen molar-refractivity contribution in [1.82, 2.24) is 0 Å². The third kappa shape index (κ3) is 1.71. The highest BCUT2D eigenvalue weighted by Gasteiger charge is 2.16. The molecule has 1 saturated heterocycles. The molecule has 1 fully saturated rings. The Kier molecular flexibility index (Phi) is 2.64. The highest BCUT2D eigenvalue weighted by atomic mass is 35.5. The minimum atomic E-state index is -0.159. The second kappa shape index (κ2) is 3.77. The molecule has 14 heavy (non-hydrogen) atoms. The summed E-state index contributed by atoms with van der Waals surface area (Å²) in [6.07, 6.45) is 2.29. The maximum atomic E-state index is 13.6. The second-order valence-corrected chi connectivity index (χ2v) is 4.15. The van der Waals surface area contributed by atoms with Gasteiger partial charge in [0.15, 0.2) is 0 Å². The molecule has 0 unspecified atom stereocenters. The van der Waals surface area contributed by atoms with E-state index < -0.39 is 0 Å². The van der Waals surface area contributed by atoms with E-state index in [4.69, 9.17) is 11.6 Å². The normalized spacial score (nSPS) is 16.4. The van der Waals surface area contributed by atoms with E-state index in [1.807, 2.05) is 6.92 Å². The van der Waals surface area contributed by atoms with E-state index in [9.17, 15) is 4.39 Å². The topological polar surface area (TPSA) is 3.24 Å². The summed E-state index contributed by atoms with van der Waals surface area (Å²) in [5.41, 5.74) is 1.45. The number of benzene rings is 1. The van der Waals surface area contributed by atoms with Crippen LogP contribution in [0.3, 0.4) is 0 Å². The second-order valence-electron chi connectivity index (χ2n) is 3.75. The molecule has 3 heteroatoms. The fraction of sp³-hybridized carbons (Fsp3) is 0.455. The minimum absolute atomic E-state index is 0.159. The van der Waals surface area contributed by atoms with Crippen LogP contribution in [0.15, 0.2) is 12.1 Å². The predicted octanol–water partition coefficient (Wildman–Crippen LogP) is 3.39. The summed E-state index contributed by atoms with van der Waals surface area (Å²) in [6, 6.07) is 3.24. The van der Waals surface area contributed by atoms with Gasteiger partial charge in [-0.1, -0.05) is 11.6 Å². The average Bonchev–Trinajstić information content (AvgIpc) is 2.64. The molecule has 1 heterocycles. The first-order chi connectivity index (χ1) is 6.68. The minimum Gasteiger partial charge on any atom is -0.369 e. The standard InChI is InChI=1S/C11H13ClFN/c1-8-6-10(13)11(7-9(8)12)14-4-2-3-5-14/h6-7H,2-5H2,1H3. The first-order valence-corrected chi connectivity index (χ1v) is 5.27. The van der Waals surface area contributed by atoms with E-state index in [-0.39, 0.29) is 5.82 Å². The summed E-state index contributed by atoms with van der Waals surface area (Å²) in [6.45, 7) is 3.70. The lowest BCUT2D eigenvalue weighted by molar-refractivity contribution is 0.622. The lowest BCUT2D eigenvalue weighted by Gasteiger charge is -2.19. The van der Waals surface area contributed by atoms with Gasteiger partial charge in [-0.05, 0) is 37.5 Å². The quantitative estimate of drug-likeness (QED) is 0.691. The Morgan fingerprint density at radius 3 is 2.57 bits per heavy atom. The van der Waals surface area contributed by atoms with Crippen LogP contribution in [0, 0.1) is 12.7 Å². The molecule has 0 aromatic heterocycles. The van der Waals surface area contributed by atoms with Crippen molar-refractivity contribution in [2.45, 2.75) is 19.8 Å². The fourth-order valence-corrected chi connectivity index (χ4v) is 1.99. The van der Waals surface area contributed by atoms with Crippen LogP contribution in [0.1, 0.15) is 18.4 Å². The van der Waals surface area contributed by atoms with Gasteiger partial charge in [0.25, 0.3) is 0 Å². The molecule has 0 spiro atoms. The maximum Gasteiger partial charge on any atom is 0.146 e. The number of anilines is 1. The van der Waals surface area contributed by atoms with Crippen LogP contribution in [0.2, 0.25) is 5.02 Å². The Morgan fingerprint density at radius 2 is 1.93 bits per heavy atom. The SMILES string of the molecule is Cc1cc(F)c(N2CCCC2)cc1Cl. The number of aryl methyl sites for hydroxylation is 1. The monoisotopic (exact) mass is 213 g/mol. The van der Waals surface area contributed by atoms with Crippen molar-refractivity contribution < 1.29 is 4.39 Å². The first-order valence-electron chi connectivity index (χ1n) is 4.89.